The van der Waals surface area contributed by atoms with Gasteiger partial charge in [-0.2, -0.15) is 34.8 Å². The summed E-state index contributed by atoms with van der Waals surface area (Å²) in [6, 6.07) is 0.897. The molecule has 9 nitrogen and oxygen atoms in total. The molecule has 0 radical (unpaired) electrons. The van der Waals surface area contributed by atoms with Crippen LogP contribution in [0.2, 0.25) is 0 Å². The highest BCUT2D eigenvalue weighted by Crippen LogP contribution is 2.47. The van der Waals surface area contributed by atoms with Gasteiger partial charge in [0.1, 0.15) is 5.75 Å². The highest BCUT2D eigenvalue weighted by molar-refractivity contribution is 7.85. The summed E-state index contributed by atoms with van der Waals surface area (Å²) in [5, 5.41) is 19.8. The Hall–Kier alpha value is -2.62. The molecule has 0 heterocycles. The summed E-state index contributed by atoms with van der Waals surface area (Å²) in [6.45, 7) is 0. The molecule has 0 atom stereocenters. The van der Waals surface area contributed by atoms with E-state index in [9.17, 15) is 54.8 Å². The van der Waals surface area contributed by atoms with Crippen LogP contribution in [0, 0.1) is 10.1 Å². The van der Waals surface area contributed by atoms with E-state index < -0.39 is 61.7 Å². The molecule has 1 aromatic rings. The van der Waals surface area contributed by atoms with Crippen LogP contribution in [0.25, 0.3) is 0 Å². The Bertz CT molecular complexity index is 849. The number of ether oxygens (including phenoxy) is 1. The normalized spacial score (nSPS) is 13.3. The molecule has 1 rings (SSSR count). The summed E-state index contributed by atoms with van der Waals surface area (Å²) < 4.78 is 111. The molecular formula is C11H7F6NO8S. The number of hydrogen-bond donors (Lipinski definition) is 2. The Morgan fingerprint density at radius 1 is 1.15 bits per heavy atom. The van der Waals surface area contributed by atoms with Gasteiger partial charge < -0.3 is 9.84 Å². The van der Waals surface area contributed by atoms with Crippen molar-refractivity contribution in [3.8, 4) is 5.75 Å². The number of hydrogen-bond acceptors (Lipinski definition) is 7. The van der Waals surface area contributed by atoms with Crippen molar-refractivity contribution >= 4 is 21.8 Å². The molecular weight excluding hydrogens is 420 g/mol. The predicted molar refractivity (Wildman–Crippen MR) is 71.4 cm³/mol. The smallest absolute Gasteiger partial charge is 0.438 e. The minimum absolute atomic E-state index is 0.144. The summed E-state index contributed by atoms with van der Waals surface area (Å²) in [5.74, 6) is -6.79. The van der Waals surface area contributed by atoms with Gasteiger partial charge in [0.05, 0.1) is 10.5 Å². The molecule has 0 saturated heterocycles. The number of carbonyl (C=O) groups is 1. The number of halogens is 6. The van der Waals surface area contributed by atoms with Crippen molar-refractivity contribution < 1.29 is 58.9 Å². The van der Waals surface area contributed by atoms with E-state index >= 15 is 0 Å². The zero-order valence-electron chi connectivity index (χ0n) is 12.4. The van der Waals surface area contributed by atoms with Crippen molar-refractivity contribution in [2.24, 2.45) is 0 Å². The third-order valence-corrected chi connectivity index (χ3v) is 3.75. The standard InChI is InChI=1S/C11H7F6NO8S/c12-10(13,14)9(11(15,16)17,4-27(23,24)25)26-8(20)5-1-2-6(18(21)22)7(19)3-5/h1-3,19H,4H2,(H,23,24,25). The Kier molecular flexibility index (Phi) is 5.68. The van der Waals surface area contributed by atoms with E-state index in [-0.39, 0.29) is 6.07 Å². The van der Waals surface area contributed by atoms with Gasteiger partial charge in [0.2, 0.25) is 0 Å². The second-order valence-corrected chi connectivity index (χ2v) is 6.35. The van der Waals surface area contributed by atoms with Crippen LogP contribution >= 0.6 is 0 Å². The first-order valence-corrected chi connectivity index (χ1v) is 7.81. The lowest BCUT2D eigenvalue weighted by atomic mass is 10.1. The topological polar surface area (TPSA) is 144 Å². The van der Waals surface area contributed by atoms with Crippen molar-refractivity contribution in [3.63, 3.8) is 0 Å². The lowest BCUT2D eigenvalue weighted by Gasteiger charge is -2.35. The molecule has 0 saturated carbocycles. The average molecular weight is 427 g/mol. The Balaban J connectivity index is 3.48. The summed E-state index contributed by atoms with van der Waals surface area (Å²) >= 11 is 0. The van der Waals surface area contributed by atoms with Gasteiger partial charge in [0, 0.05) is 12.1 Å². The first-order valence-electron chi connectivity index (χ1n) is 6.20. The molecule has 2 N–H and O–H groups in total. The van der Waals surface area contributed by atoms with Crippen LogP contribution < -0.4 is 0 Å². The van der Waals surface area contributed by atoms with Crippen molar-refractivity contribution in [2.75, 3.05) is 5.75 Å². The summed E-state index contributed by atoms with van der Waals surface area (Å²) in [4.78, 5) is 21.0. The van der Waals surface area contributed by atoms with E-state index in [4.69, 9.17) is 4.55 Å². The maximum atomic E-state index is 13.0. The van der Waals surface area contributed by atoms with Crippen LogP contribution in [-0.2, 0) is 14.9 Å². The quantitative estimate of drug-likeness (QED) is 0.239. The second kappa shape index (κ2) is 6.84. The monoisotopic (exact) mass is 427 g/mol. The molecule has 152 valence electrons. The van der Waals surface area contributed by atoms with Gasteiger partial charge in [0.25, 0.3) is 10.1 Å². The first kappa shape index (κ1) is 22.4. The van der Waals surface area contributed by atoms with Gasteiger partial charge in [0.15, 0.2) is 5.75 Å². The molecule has 0 amide bonds. The van der Waals surface area contributed by atoms with Crippen molar-refractivity contribution in [2.45, 2.75) is 18.0 Å². The number of carbonyl (C=O) groups excluding carboxylic acids is 1. The molecule has 27 heavy (non-hydrogen) atoms. The number of nitro groups is 1. The van der Waals surface area contributed by atoms with E-state index in [0.717, 1.165) is 0 Å². The van der Waals surface area contributed by atoms with Gasteiger partial charge in [-0.3, -0.25) is 14.7 Å². The highest BCUT2D eigenvalue weighted by Gasteiger charge is 2.76. The zero-order valence-corrected chi connectivity index (χ0v) is 13.2. The fourth-order valence-electron chi connectivity index (χ4n) is 1.75. The van der Waals surface area contributed by atoms with Gasteiger partial charge in [-0.05, 0) is 6.07 Å². The number of benzene rings is 1. The number of esters is 1. The first-order chi connectivity index (χ1) is 11.9. The third-order valence-electron chi connectivity index (χ3n) is 2.98. The number of nitrogens with zero attached hydrogens (tertiary/aromatic N) is 1. The number of phenolic OH excluding ortho intramolecular Hbond substituents is 1. The third kappa shape index (κ3) is 4.76. The fourth-order valence-corrected chi connectivity index (χ4v) is 2.65. The molecule has 1 aromatic carbocycles. The van der Waals surface area contributed by atoms with E-state index in [1.54, 1.807) is 0 Å². The second-order valence-electron chi connectivity index (χ2n) is 4.90. The molecule has 16 heteroatoms. The molecule has 0 bridgehead atoms. The highest BCUT2D eigenvalue weighted by atomic mass is 32.2. The molecule has 0 unspecified atom stereocenters. The van der Waals surface area contributed by atoms with Crippen molar-refractivity contribution in [1.82, 2.24) is 0 Å². The van der Waals surface area contributed by atoms with Gasteiger partial charge >= 0.3 is 29.6 Å². The molecule has 0 aliphatic carbocycles. The Morgan fingerprint density at radius 3 is 1.96 bits per heavy atom. The van der Waals surface area contributed by atoms with Gasteiger partial charge in [-0.15, -0.1) is 0 Å². The zero-order chi connectivity index (χ0) is 21.4. The van der Waals surface area contributed by atoms with E-state index in [1.807, 2.05) is 0 Å². The minimum Gasteiger partial charge on any atom is -0.502 e. The SMILES string of the molecule is O=C(OC(CS(=O)(=O)O)(C(F)(F)F)C(F)(F)F)c1ccc([N+](=O)[O-])c(O)c1. The van der Waals surface area contributed by atoms with E-state index in [0.29, 0.717) is 12.1 Å². The Labute approximate surface area is 145 Å². The maximum absolute atomic E-state index is 13.0. The number of aromatic hydroxyl groups is 1. The van der Waals surface area contributed by atoms with Crippen LogP contribution in [0.4, 0.5) is 32.0 Å². The number of alkyl halides is 6. The van der Waals surface area contributed by atoms with Crippen molar-refractivity contribution in [1.29, 1.82) is 0 Å². The molecule has 0 aromatic heterocycles. The molecule has 0 aliphatic rings. The molecule has 0 fully saturated rings. The predicted octanol–water partition coefficient (Wildman–Crippen LogP) is 2.21. The lowest BCUT2D eigenvalue weighted by molar-refractivity contribution is -0.385. The van der Waals surface area contributed by atoms with Crippen LogP contribution in [0.1, 0.15) is 10.4 Å². The summed E-state index contributed by atoms with van der Waals surface area (Å²) in [7, 11) is -5.96. The van der Waals surface area contributed by atoms with Crippen LogP contribution in [-0.4, -0.2) is 52.7 Å². The number of rotatable bonds is 5. The summed E-state index contributed by atoms with van der Waals surface area (Å²) in [6.07, 6.45) is -13.1. The van der Waals surface area contributed by atoms with Gasteiger partial charge in [-0.1, -0.05) is 0 Å². The molecule has 0 aliphatic heterocycles. The largest absolute Gasteiger partial charge is 0.502 e. The fraction of sp³-hybridized carbons (Fsp3) is 0.364. The number of phenols is 1. The summed E-state index contributed by atoms with van der Waals surface area (Å²) in [5.41, 5.74) is -7.85. The maximum Gasteiger partial charge on any atom is 0.438 e. The number of nitro benzene ring substituents is 1. The molecule has 0 spiro atoms. The van der Waals surface area contributed by atoms with Crippen LogP contribution in [0.5, 0.6) is 5.75 Å². The Morgan fingerprint density at radius 2 is 1.63 bits per heavy atom. The average Bonchev–Trinajstić information content (AvgIpc) is 2.41. The van der Waals surface area contributed by atoms with Gasteiger partial charge in [-0.25, -0.2) is 4.79 Å². The van der Waals surface area contributed by atoms with E-state index in [2.05, 4.69) is 4.74 Å². The van der Waals surface area contributed by atoms with Crippen LogP contribution in [0.15, 0.2) is 18.2 Å². The lowest BCUT2D eigenvalue weighted by Crippen LogP contribution is -2.63. The van der Waals surface area contributed by atoms with E-state index in [1.165, 1.54) is 0 Å². The van der Waals surface area contributed by atoms with Crippen molar-refractivity contribution in [3.05, 3.63) is 33.9 Å². The minimum atomic E-state index is -6.53. The van der Waals surface area contributed by atoms with Crippen LogP contribution in [0.3, 0.4) is 0 Å².